The first-order valence-corrected chi connectivity index (χ1v) is 8.09. The van der Waals surface area contributed by atoms with E-state index in [2.05, 4.69) is 11.4 Å². The van der Waals surface area contributed by atoms with Crippen molar-refractivity contribution >= 4 is 38.9 Å². The number of fused-ring (bicyclic) bond motifs is 1. The molecule has 0 bridgehead atoms. The van der Waals surface area contributed by atoms with Crippen LogP contribution in [0.25, 0.3) is 10.1 Å². The van der Waals surface area contributed by atoms with E-state index in [9.17, 15) is 4.79 Å². The maximum absolute atomic E-state index is 11.9. The summed E-state index contributed by atoms with van der Waals surface area (Å²) in [5, 5.41) is 5.13. The third-order valence-corrected chi connectivity index (χ3v) is 5.34. The maximum Gasteiger partial charge on any atom is 0.236 e. The summed E-state index contributed by atoms with van der Waals surface area (Å²) >= 11 is 8.06. The highest BCUT2D eigenvalue weighted by molar-refractivity contribution is 7.19. The zero-order valence-electron chi connectivity index (χ0n) is 11.2. The Kier molecular flexibility index (Phi) is 4.24. The molecule has 1 aliphatic rings. The number of nitrogens with one attached hydrogen (secondary N) is 1. The molecule has 0 radical (unpaired) electrons. The lowest BCUT2D eigenvalue weighted by Gasteiger charge is -2.15. The van der Waals surface area contributed by atoms with Gasteiger partial charge in [-0.1, -0.05) is 29.8 Å². The van der Waals surface area contributed by atoms with Crippen LogP contribution in [0.5, 0.6) is 0 Å². The molecular weight excluding hydrogens is 292 g/mol. The third-order valence-electron chi connectivity index (χ3n) is 3.62. The normalized spacial score (nSPS) is 15.2. The number of amides is 1. The van der Waals surface area contributed by atoms with Crippen molar-refractivity contribution in [2.45, 2.75) is 19.4 Å². The van der Waals surface area contributed by atoms with Gasteiger partial charge in [-0.05, 0) is 18.9 Å². The van der Waals surface area contributed by atoms with E-state index < -0.39 is 0 Å². The van der Waals surface area contributed by atoms with E-state index in [0.29, 0.717) is 13.1 Å². The number of halogens is 1. The summed E-state index contributed by atoms with van der Waals surface area (Å²) in [5.74, 6) is 0.194. The Balaban J connectivity index is 1.59. The van der Waals surface area contributed by atoms with E-state index in [-0.39, 0.29) is 5.91 Å². The smallest absolute Gasteiger partial charge is 0.236 e. The number of rotatable bonds is 4. The van der Waals surface area contributed by atoms with Crippen molar-refractivity contribution in [2.75, 3.05) is 19.6 Å². The molecule has 20 heavy (non-hydrogen) atoms. The third kappa shape index (κ3) is 2.82. The largest absolute Gasteiger partial charge is 0.342 e. The van der Waals surface area contributed by atoms with Gasteiger partial charge in [0.05, 0.1) is 11.6 Å². The quantitative estimate of drug-likeness (QED) is 0.940. The summed E-state index contributed by atoms with van der Waals surface area (Å²) in [6.07, 6.45) is 2.27. The molecule has 0 spiro atoms. The summed E-state index contributed by atoms with van der Waals surface area (Å²) in [7, 11) is 0. The van der Waals surface area contributed by atoms with Gasteiger partial charge in [0.1, 0.15) is 0 Å². The number of carbonyl (C=O) groups excluding carboxylic acids is 1. The van der Waals surface area contributed by atoms with Gasteiger partial charge in [0, 0.05) is 34.6 Å². The first-order valence-electron chi connectivity index (χ1n) is 6.90. The van der Waals surface area contributed by atoms with E-state index in [4.69, 9.17) is 11.6 Å². The van der Waals surface area contributed by atoms with Crippen molar-refractivity contribution < 1.29 is 4.79 Å². The maximum atomic E-state index is 11.9. The molecule has 1 aliphatic heterocycles. The summed E-state index contributed by atoms with van der Waals surface area (Å²) in [5.41, 5.74) is 0. The Morgan fingerprint density at radius 3 is 2.80 bits per heavy atom. The van der Waals surface area contributed by atoms with Gasteiger partial charge in [0.15, 0.2) is 0 Å². The fraction of sp³-hybridized carbons (Fsp3) is 0.400. The molecule has 2 heterocycles. The highest BCUT2D eigenvalue weighted by Gasteiger charge is 2.17. The number of likely N-dealkylation sites (tertiary alicyclic amines) is 1. The summed E-state index contributed by atoms with van der Waals surface area (Å²) in [4.78, 5) is 15.0. The Morgan fingerprint density at radius 1 is 1.30 bits per heavy atom. The van der Waals surface area contributed by atoms with Crippen molar-refractivity contribution in [2.24, 2.45) is 0 Å². The van der Waals surface area contributed by atoms with Crippen LogP contribution in [0.1, 0.15) is 17.7 Å². The SMILES string of the molecule is O=C(CNCc1sc2ccccc2c1Cl)N1CCCC1. The second kappa shape index (κ2) is 6.12. The second-order valence-corrected chi connectivity index (χ2v) is 6.54. The first-order chi connectivity index (χ1) is 9.75. The van der Waals surface area contributed by atoms with Crippen LogP contribution in [-0.4, -0.2) is 30.4 Å². The Morgan fingerprint density at radius 2 is 2.05 bits per heavy atom. The highest BCUT2D eigenvalue weighted by Crippen LogP contribution is 2.34. The van der Waals surface area contributed by atoms with Gasteiger partial charge in [0.2, 0.25) is 5.91 Å². The van der Waals surface area contributed by atoms with Crippen LogP contribution in [0, 0.1) is 0 Å². The lowest BCUT2D eigenvalue weighted by atomic mass is 10.2. The molecule has 3 rings (SSSR count). The molecule has 2 aromatic rings. The summed E-state index contributed by atoms with van der Waals surface area (Å²) < 4.78 is 1.19. The highest BCUT2D eigenvalue weighted by atomic mass is 35.5. The van der Waals surface area contributed by atoms with E-state index in [0.717, 1.165) is 41.2 Å². The van der Waals surface area contributed by atoms with E-state index in [1.807, 2.05) is 23.1 Å². The lowest BCUT2D eigenvalue weighted by molar-refractivity contribution is -0.129. The average molecular weight is 309 g/mol. The summed E-state index contributed by atoms with van der Waals surface area (Å²) in [6.45, 7) is 2.86. The molecule has 0 aliphatic carbocycles. The van der Waals surface area contributed by atoms with Crippen LogP contribution >= 0.6 is 22.9 Å². The zero-order chi connectivity index (χ0) is 13.9. The van der Waals surface area contributed by atoms with Gasteiger partial charge >= 0.3 is 0 Å². The molecule has 1 fully saturated rings. The van der Waals surface area contributed by atoms with Gasteiger partial charge < -0.3 is 10.2 Å². The van der Waals surface area contributed by atoms with E-state index >= 15 is 0 Å². The Bertz CT molecular complexity index is 619. The monoisotopic (exact) mass is 308 g/mol. The second-order valence-electron chi connectivity index (χ2n) is 5.03. The standard InChI is InChI=1S/C15H17ClN2OS/c16-15-11-5-1-2-6-12(11)20-13(15)9-17-10-14(19)18-7-3-4-8-18/h1-2,5-6,17H,3-4,7-10H2. The zero-order valence-corrected chi connectivity index (χ0v) is 12.8. The van der Waals surface area contributed by atoms with Crippen LogP contribution in [0.3, 0.4) is 0 Å². The van der Waals surface area contributed by atoms with Gasteiger partial charge in [0.25, 0.3) is 0 Å². The van der Waals surface area contributed by atoms with Gasteiger partial charge in [-0.25, -0.2) is 0 Å². The van der Waals surface area contributed by atoms with Crippen LogP contribution in [-0.2, 0) is 11.3 Å². The Labute approximate surface area is 127 Å². The minimum Gasteiger partial charge on any atom is -0.342 e. The number of hydrogen-bond acceptors (Lipinski definition) is 3. The fourth-order valence-corrected chi connectivity index (χ4v) is 4.01. The molecular formula is C15H17ClN2OS. The minimum atomic E-state index is 0.194. The van der Waals surface area contributed by atoms with Crippen LogP contribution in [0.4, 0.5) is 0 Å². The van der Waals surface area contributed by atoms with Crippen molar-refractivity contribution in [1.82, 2.24) is 10.2 Å². The minimum absolute atomic E-state index is 0.194. The van der Waals surface area contributed by atoms with Crippen molar-refractivity contribution in [3.63, 3.8) is 0 Å². The number of carbonyl (C=O) groups is 1. The molecule has 3 nitrogen and oxygen atoms in total. The number of hydrogen-bond donors (Lipinski definition) is 1. The number of nitrogens with zero attached hydrogens (tertiary/aromatic N) is 1. The lowest BCUT2D eigenvalue weighted by Crippen LogP contribution is -2.35. The number of benzene rings is 1. The molecule has 1 aromatic carbocycles. The molecule has 1 N–H and O–H groups in total. The topological polar surface area (TPSA) is 32.3 Å². The van der Waals surface area contributed by atoms with Gasteiger partial charge in [-0.2, -0.15) is 0 Å². The van der Waals surface area contributed by atoms with Crippen LogP contribution in [0.15, 0.2) is 24.3 Å². The van der Waals surface area contributed by atoms with Crippen LogP contribution < -0.4 is 5.32 Å². The predicted octanol–water partition coefficient (Wildman–Crippen LogP) is 3.27. The van der Waals surface area contributed by atoms with E-state index in [1.165, 1.54) is 4.70 Å². The van der Waals surface area contributed by atoms with E-state index in [1.54, 1.807) is 11.3 Å². The van der Waals surface area contributed by atoms with Crippen molar-refractivity contribution in [3.8, 4) is 0 Å². The fourth-order valence-electron chi connectivity index (χ4n) is 2.54. The Hall–Kier alpha value is -1.10. The predicted molar refractivity (Wildman–Crippen MR) is 84.4 cm³/mol. The first kappa shape index (κ1) is 13.9. The van der Waals surface area contributed by atoms with Crippen LogP contribution in [0.2, 0.25) is 5.02 Å². The molecule has 1 amide bonds. The van der Waals surface area contributed by atoms with Crippen molar-refractivity contribution in [1.29, 1.82) is 0 Å². The number of thiophene rings is 1. The van der Waals surface area contributed by atoms with Gasteiger partial charge in [-0.15, -0.1) is 11.3 Å². The molecule has 0 atom stereocenters. The molecule has 5 heteroatoms. The molecule has 0 unspecified atom stereocenters. The molecule has 0 saturated carbocycles. The van der Waals surface area contributed by atoms with Gasteiger partial charge in [-0.3, -0.25) is 4.79 Å². The molecule has 106 valence electrons. The van der Waals surface area contributed by atoms with Crippen molar-refractivity contribution in [3.05, 3.63) is 34.2 Å². The average Bonchev–Trinajstić information content (AvgIpc) is 3.09. The molecule has 1 aromatic heterocycles. The summed E-state index contributed by atoms with van der Waals surface area (Å²) in [6, 6.07) is 8.12. The molecule has 1 saturated heterocycles.